The SMILES string of the molecule is CCCCNC(=O)/C(C#N)=C/c1ccc(OC(=O)/C(C#N)=C/c2ccc(OC)cc2)cc1. The van der Waals surface area contributed by atoms with E-state index in [0.29, 0.717) is 23.4 Å². The second kappa shape index (κ2) is 12.4. The van der Waals surface area contributed by atoms with Crippen molar-refractivity contribution in [1.82, 2.24) is 5.32 Å². The molecule has 0 heterocycles. The number of nitrogens with one attached hydrogen (secondary N) is 1. The van der Waals surface area contributed by atoms with Crippen LogP contribution in [0, 0.1) is 22.7 Å². The number of carbonyl (C=O) groups excluding carboxylic acids is 2. The zero-order chi connectivity index (χ0) is 23.3. The quantitative estimate of drug-likeness (QED) is 0.212. The van der Waals surface area contributed by atoms with E-state index in [9.17, 15) is 20.1 Å². The van der Waals surface area contributed by atoms with Crippen molar-refractivity contribution < 1.29 is 19.1 Å². The van der Waals surface area contributed by atoms with Gasteiger partial charge in [-0.1, -0.05) is 37.6 Å². The lowest BCUT2D eigenvalue weighted by molar-refractivity contribution is -0.129. The molecular formula is C25H23N3O4. The van der Waals surface area contributed by atoms with Gasteiger partial charge in [-0.3, -0.25) is 4.79 Å². The molecule has 0 saturated carbocycles. The van der Waals surface area contributed by atoms with Gasteiger partial charge in [0.25, 0.3) is 5.91 Å². The standard InChI is InChI=1S/C25H23N3O4/c1-3-4-13-28-24(29)20(16-26)14-18-7-11-23(12-8-18)32-25(30)21(17-27)15-19-5-9-22(31-2)10-6-19/h5-12,14-15H,3-4,13H2,1-2H3,(H,28,29)/b20-14+,21-15+. The molecule has 32 heavy (non-hydrogen) atoms. The summed E-state index contributed by atoms with van der Waals surface area (Å²) in [5.41, 5.74) is 1.08. The Bertz CT molecular complexity index is 1090. The number of hydrogen-bond donors (Lipinski definition) is 1. The molecule has 0 unspecified atom stereocenters. The molecule has 2 aromatic rings. The third-order valence-corrected chi connectivity index (χ3v) is 4.35. The predicted octanol–water partition coefficient (Wildman–Crippen LogP) is 4.03. The molecule has 2 aromatic carbocycles. The van der Waals surface area contributed by atoms with Crippen molar-refractivity contribution in [3.05, 3.63) is 70.8 Å². The molecule has 1 amide bonds. The van der Waals surface area contributed by atoms with E-state index in [-0.39, 0.29) is 16.9 Å². The molecule has 0 spiro atoms. The van der Waals surface area contributed by atoms with Crippen LogP contribution in [0.25, 0.3) is 12.2 Å². The maximum atomic E-state index is 12.3. The van der Waals surface area contributed by atoms with Gasteiger partial charge in [0.15, 0.2) is 0 Å². The summed E-state index contributed by atoms with van der Waals surface area (Å²) in [6.45, 7) is 2.52. The summed E-state index contributed by atoms with van der Waals surface area (Å²) >= 11 is 0. The summed E-state index contributed by atoms with van der Waals surface area (Å²) in [5, 5.41) is 21.2. The Kier molecular flexibility index (Phi) is 9.24. The van der Waals surface area contributed by atoms with Crippen molar-refractivity contribution >= 4 is 24.0 Å². The lowest BCUT2D eigenvalue weighted by Crippen LogP contribution is -2.25. The Balaban J connectivity index is 2.07. The number of carbonyl (C=O) groups is 2. The molecule has 0 aliphatic heterocycles. The first-order valence-electron chi connectivity index (χ1n) is 9.98. The summed E-state index contributed by atoms with van der Waals surface area (Å²) in [6, 6.07) is 16.9. The first kappa shape index (κ1) is 23.9. The Morgan fingerprint density at radius 2 is 1.44 bits per heavy atom. The van der Waals surface area contributed by atoms with Crippen LogP contribution < -0.4 is 14.8 Å². The van der Waals surface area contributed by atoms with Gasteiger partial charge in [-0.05, 0) is 54.0 Å². The number of amides is 1. The maximum absolute atomic E-state index is 12.3. The third-order valence-electron chi connectivity index (χ3n) is 4.35. The molecule has 0 aliphatic carbocycles. The van der Waals surface area contributed by atoms with Crippen LogP contribution in [0.2, 0.25) is 0 Å². The first-order valence-corrected chi connectivity index (χ1v) is 9.98. The monoisotopic (exact) mass is 429 g/mol. The van der Waals surface area contributed by atoms with Crippen molar-refractivity contribution in [2.45, 2.75) is 19.8 Å². The minimum Gasteiger partial charge on any atom is -0.497 e. The van der Waals surface area contributed by atoms with Crippen LogP contribution in [-0.4, -0.2) is 25.5 Å². The number of esters is 1. The summed E-state index contributed by atoms with van der Waals surface area (Å²) in [5.74, 6) is -0.331. The number of methoxy groups -OCH3 is 1. The molecule has 0 saturated heterocycles. The van der Waals surface area contributed by atoms with Crippen LogP contribution in [-0.2, 0) is 9.59 Å². The molecule has 162 valence electrons. The smallest absolute Gasteiger partial charge is 0.354 e. The van der Waals surface area contributed by atoms with Gasteiger partial charge in [0.05, 0.1) is 7.11 Å². The molecule has 7 heteroatoms. The minimum absolute atomic E-state index is 0.0139. The molecule has 0 radical (unpaired) electrons. The topological polar surface area (TPSA) is 112 Å². The number of rotatable bonds is 9. The van der Waals surface area contributed by atoms with Gasteiger partial charge in [0, 0.05) is 6.54 Å². The Hall–Kier alpha value is -4.36. The average Bonchev–Trinajstić information content (AvgIpc) is 2.82. The summed E-state index contributed by atoms with van der Waals surface area (Å²) < 4.78 is 10.3. The zero-order valence-electron chi connectivity index (χ0n) is 17.9. The Labute approximate surface area is 187 Å². The lowest BCUT2D eigenvalue weighted by atomic mass is 10.1. The number of nitrogens with zero attached hydrogens (tertiary/aromatic N) is 2. The van der Waals surface area contributed by atoms with E-state index in [1.807, 2.05) is 19.1 Å². The van der Waals surface area contributed by atoms with E-state index < -0.39 is 11.9 Å². The first-order chi connectivity index (χ1) is 15.5. The average molecular weight is 429 g/mol. The van der Waals surface area contributed by atoms with Crippen molar-refractivity contribution in [2.24, 2.45) is 0 Å². The summed E-state index contributed by atoms with van der Waals surface area (Å²) in [6.07, 6.45) is 4.66. The summed E-state index contributed by atoms with van der Waals surface area (Å²) in [4.78, 5) is 24.4. The molecule has 0 aliphatic rings. The van der Waals surface area contributed by atoms with Crippen molar-refractivity contribution in [3.63, 3.8) is 0 Å². The van der Waals surface area contributed by atoms with Crippen molar-refractivity contribution in [2.75, 3.05) is 13.7 Å². The fourth-order valence-corrected chi connectivity index (χ4v) is 2.59. The zero-order valence-corrected chi connectivity index (χ0v) is 17.9. The minimum atomic E-state index is -0.792. The molecule has 0 bridgehead atoms. The lowest BCUT2D eigenvalue weighted by Gasteiger charge is -2.05. The van der Waals surface area contributed by atoms with Gasteiger partial charge in [0.1, 0.15) is 34.8 Å². The number of ether oxygens (including phenoxy) is 2. The largest absolute Gasteiger partial charge is 0.497 e. The predicted molar refractivity (Wildman–Crippen MR) is 120 cm³/mol. The van der Waals surface area contributed by atoms with Crippen molar-refractivity contribution in [1.29, 1.82) is 10.5 Å². The molecule has 1 N–H and O–H groups in total. The number of nitriles is 2. The van der Waals surface area contributed by atoms with E-state index in [4.69, 9.17) is 9.47 Å². The molecule has 0 atom stereocenters. The van der Waals surface area contributed by atoms with E-state index in [0.717, 1.165) is 12.8 Å². The molecule has 7 nitrogen and oxygen atoms in total. The van der Waals surface area contributed by atoms with Gasteiger partial charge in [-0.25, -0.2) is 4.79 Å². The van der Waals surface area contributed by atoms with E-state index >= 15 is 0 Å². The van der Waals surface area contributed by atoms with Gasteiger partial charge >= 0.3 is 5.97 Å². The van der Waals surface area contributed by atoms with Gasteiger partial charge in [-0.15, -0.1) is 0 Å². The number of unbranched alkanes of at least 4 members (excludes halogenated alkanes) is 1. The highest BCUT2D eigenvalue weighted by molar-refractivity contribution is 6.01. The molecular weight excluding hydrogens is 406 g/mol. The van der Waals surface area contributed by atoms with Crippen LogP contribution in [0.15, 0.2) is 59.7 Å². The van der Waals surface area contributed by atoms with Crippen molar-refractivity contribution in [3.8, 4) is 23.6 Å². The van der Waals surface area contributed by atoms with Crippen LogP contribution >= 0.6 is 0 Å². The second-order valence-corrected chi connectivity index (χ2v) is 6.68. The Morgan fingerprint density at radius 3 is 1.94 bits per heavy atom. The van der Waals surface area contributed by atoms with Gasteiger partial charge in [0.2, 0.25) is 0 Å². The number of benzene rings is 2. The normalized spacial score (nSPS) is 11.1. The number of hydrogen-bond acceptors (Lipinski definition) is 6. The van der Waals surface area contributed by atoms with Crippen LogP contribution in [0.5, 0.6) is 11.5 Å². The molecule has 0 aromatic heterocycles. The third kappa shape index (κ3) is 7.16. The van der Waals surface area contributed by atoms with Crippen LogP contribution in [0.1, 0.15) is 30.9 Å². The van der Waals surface area contributed by atoms with Gasteiger partial charge in [-0.2, -0.15) is 10.5 Å². The van der Waals surface area contributed by atoms with E-state index in [1.165, 1.54) is 24.3 Å². The summed E-state index contributed by atoms with van der Waals surface area (Å²) in [7, 11) is 1.55. The second-order valence-electron chi connectivity index (χ2n) is 6.68. The fourth-order valence-electron chi connectivity index (χ4n) is 2.59. The van der Waals surface area contributed by atoms with Crippen LogP contribution in [0.4, 0.5) is 0 Å². The highest BCUT2D eigenvalue weighted by atomic mass is 16.5. The van der Waals surface area contributed by atoms with E-state index in [2.05, 4.69) is 5.32 Å². The Morgan fingerprint density at radius 1 is 0.906 bits per heavy atom. The highest BCUT2D eigenvalue weighted by Crippen LogP contribution is 2.18. The molecule has 2 rings (SSSR count). The van der Waals surface area contributed by atoms with Crippen LogP contribution in [0.3, 0.4) is 0 Å². The maximum Gasteiger partial charge on any atom is 0.354 e. The fraction of sp³-hybridized carbons (Fsp3) is 0.200. The highest BCUT2D eigenvalue weighted by Gasteiger charge is 2.13. The van der Waals surface area contributed by atoms with E-state index in [1.54, 1.807) is 43.5 Å². The molecule has 0 fully saturated rings. The van der Waals surface area contributed by atoms with Gasteiger partial charge < -0.3 is 14.8 Å².